The van der Waals surface area contributed by atoms with Gasteiger partial charge >= 0.3 is 5.97 Å². The van der Waals surface area contributed by atoms with E-state index in [4.69, 9.17) is 4.74 Å². The zero-order valence-corrected chi connectivity index (χ0v) is 16.9. The number of carbonyl (C=O) groups excluding carboxylic acids is 2. The molecule has 0 aromatic rings. The van der Waals surface area contributed by atoms with E-state index in [1.54, 1.807) is 0 Å². The Balaban J connectivity index is 1.57. The number of carbonyl (C=O) groups is 2. The summed E-state index contributed by atoms with van der Waals surface area (Å²) in [6.07, 6.45) is 9.78. The van der Waals surface area contributed by atoms with Crippen molar-refractivity contribution in [1.82, 2.24) is 9.80 Å². The molecule has 0 radical (unpaired) electrons. The van der Waals surface area contributed by atoms with Gasteiger partial charge in [-0.15, -0.1) is 0 Å². The van der Waals surface area contributed by atoms with Crippen LogP contribution in [-0.4, -0.2) is 61.5 Å². The fourth-order valence-corrected chi connectivity index (χ4v) is 4.27. The highest BCUT2D eigenvalue weighted by Crippen LogP contribution is 2.32. The van der Waals surface area contributed by atoms with Gasteiger partial charge in [0.2, 0.25) is 5.91 Å². The lowest BCUT2D eigenvalue weighted by molar-refractivity contribution is -0.146. The Labute approximate surface area is 159 Å². The first-order chi connectivity index (χ1) is 12.6. The van der Waals surface area contributed by atoms with Gasteiger partial charge < -0.3 is 14.5 Å². The first-order valence-corrected chi connectivity index (χ1v) is 10.7. The van der Waals surface area contributed by atoms with E-state index in [1.807, 2.05) is 4.90 Å². The van der Waals surface area contributed by atoms with Crippen LogP contribution in [0.15, 0.2) is 0 Å². The quantitative estimate of drug-likeness (QED) is 0.463. The summed E-state index contributed by atoms with van der Waals surface area (Å²) in [7, 11) is 2.20. The molecule has 2 aliphatic heterocycles. The van der Waals surface area contributed by atoms with Crippen LogP contribution < -0.4 is 0 Å². The van der Waals surface area contributed by atoms with E-state index in [9.17, 15) is 9.59 Å². The number of hydrogen-bond acceptors (Lipinski definition) is 4. The van der Waals surface area contributed by atoms with Gasteiger partial charge in [0.25, 0.3) is 0 Å². The number of nitrogens with zero attached hydrogens (tertiary/aromatic N) is 2. The first-order valence-electron chi connectivity index (χ1n) is 10.7. The molecular weight excluding hydrogens is 328 g/mol. The molecular formula is C21H38N2O3. The van der Waals surface area contributed by atoms with Gasteiger partial charge in [0.05, 0.1) is 13.0 Å². The SMILES string of the molecule is CCCCCCOC(=O)CCC(=O)N1CCC(C2CCN(C)CC2)CC1. The van der Waals surface area contributed by atoms with Crippen LogP contribution in [0.2, 0.25) is 0 Å². The van der Waals surface area contributed by atoms with Crippen LogP contribution in [0.5, 0.6) is 0 Å². The van der Waals surface area contributed by atoms with Crippen LogP contribution in [0.4, 0.5) is 0 Å². The minimum absolute atomic E-state index is 0.120. The minimum Gasteiger partial charge on any atom is -0.466 e. The molecule has 2 heterocycles. The second-order valence-electron chi connectivity index (χ2n) is 8.14. The molecule has 0 unspecified atom stereocenters. The van der Waals surface area contributed by atoms with Crippen LogP contribution in [0.3, 0.4) is 0 Å². The van der Waals surface area contributed by atoms with E-state index >= 15 is 0 Å². The van der Waals surface area contributed by atoms with E-state index in [0.29, 0.717) is 13.0 Å². The topological polar surface area (TPSA) is 49.9 Å². The molecule has 0 N–H and O–H groups in total. The van der Waals surface area contributed by atoms with Gasteiger partial charge in [0, 0.05) is 19.5 Å². The Morgan fingerprint density at radius 2 is 1.50 bits per heavy atom. The van der Waals surface area contributed by atoms with Gasteiger partial charge in [-0.2, -0.15) is 0 Å². The Morgan fingerprint density at radius 1 is 0.885 bits per heavy atom. The molecule has 26 heavy (non-hydrogen) atoms. The molecule has 0 aromatic carbocycles. The van der Waals surface area contributed by atoms with Crippen LogP contribution in [0.25, 0.3) is 0 Å². The third-order valence-electron chi connectivity index (χ3n) is 6.13. The highest BCUT2D eigenvalue weighted by Gasteiger charge is 2.30. The summed E-state index contributed by atoms with van der Waals surface area (Å²) in [6.45, 7) is 6.81. The number of likely N-dealkylation sites (tertiary alicyclic amines) is 2. The number of ether oxygens (including phenoxy) is 1. The van der Waals surface area contributed by atoms with Gasteiger partial charge in [-0.3, -0.25) is 9.59 Å². The Morgan fingerprint density at radius 3 is 2.12 bits per heavy atom. The van der Waals surface area contributed by atoms with Crippen molar-refractivity contribution in [2.45, 2.75) is 71.1 Å². The predicted octanol–water partition coefficient (Wildman–Crippen LogP) is 3.47. The summed E-state index contributed by atoms with van der Waals surface area (Å²) in [5, 5.41) is 0. The smallest absolute Gasteiger partial charge is 0.306 e. The standard InChI is InChI=1S/C21H38N2O3/c1-3-4-5-6-17-26-21(25)8-7-20(24)23-15-11-19(12-16-23)18-9-13-22(2)14-10-18/h18-19H,3-17H2,1-2H3. The van der Waals surface area contributed by atoms with Gasteiger partial charge in [-0.05, 0) is 64.1 Å². The molecule has 0 aromatic heterocycles. The lowest BCUT2D eigenvalue weighted by atomic mass is 9.79. The Bertz CT molecular complexity index is 425. The fraction of sp³-hybridized carbons (Fsp3) is 0.905. The van der Waals surface area contributed by atoms with Crippen molar-refractivity contribution in [2.75, 3.05) is 39.8 Å². The first kappa shape index (κ1) is 21.2. The highest BCUT2D eigenvalue weighted by atomic mass is 16.5. The summed E-state index contributed by atoms with van der Waals surface area (Å²) in [5.41, 5.74) is 0. The normalized spacial score (nSPS) is 20.3. The molecule has 1 amide bonds. The number of unbranched alkanes of at least 4 members (excludes halogenated alkanes) is 3. The Hall–Kier alpha value is -1.10. The van der Waals surface area contributed by atoms with E-state index in [2.05, 4.69) is 18.9 Å². The molecule has 5 nitrogen and oxygen atoms in total. The van der Waals surface area contributed by atoms with Crippen LogP contribution in [0, 0.1) is 11.8 Å². The Kier molecular flexibility index (Phi) is 9.44. The lowest BCUT2D eigenvalue weighted by Gasteiger charge is -2.39. The maximum absolute atomic E-state index is 12.4. The molecule has 2 fully saturated rings. The second-order valence-corrected chi connectivity index (χ2v) is 8.14. The highest BCUT2D eigenvalue weighted by molar-refractivity contribution is 5.81. The number of amides is 1. The number of hydrogen-bond donors (Lipinski definition) is 0. The summed E-state index contributed by atoms with van der Waals surface area (Å²) in [4.78, 5) is 28.5. The second kappa shape index (κ2) is 11.6. The van der Waals surface area contributed by atoms with Crippen LogP contribution >= 0.6 is 0 Å². The third kappa shape index (κ3) is 7.26. The molecule has 150 valence electrons. The number of esters is 1. The molecule has 2 rings (SSSR count). The molecule has 0 bridgehead atoms. The third-order valence-corrected chi connectivity index (χ3v) is 6.13. The zero-order chi connectivity index (χ0) is 18.8. The van der Waals surface area contributed by atoms with Gasteiger partial charge in [-0.1, -0.05) is 26.2 Å². The lowest BCUT2D eigenvalue weighted by Crippen LogP contribution is -2.42. The molecule has 0 saturated carbocycles. The molecule has 0 atom stereocenters. The average molecular weight is 367 g/mol. The summed E-state index contributed by atoms with van der Waals surface area (Å²) < 4.78 is 5.22. The monoisotopic (exact) mass is 366 g/mol. The number of piperidine rings is 2. The number of rotatable bonds is 9. The summed E-state index contributed by atoms with van der Waals surface area (Å²) in [6, 6.07) is 0. The largest absolute Gasteiger partial charge is 0.466 e. The van der Waals surface area contributed by atoms with Gasteiger partial charge in [0.15, 0.2) is 0 Å². The minimum atomic E-state index is -0.226. The van der Waals surface area contributed by atoms with Gasteiger partial charge in [-0.25, -0.2) is 0 Å². The van der Waals surface area contributed by atoms with Crippen molar-refractivity contribution in [2.24, 2.45) is 11.8 Å². The average Bonchev–Trinajstić information content (AvgIpc) is 2.66. The zero-order valence-electron chi connectivity index (χ0n) is 16.9. The molecule has 0 spiro atoms. The van der Waals surface area contributed by atoms with E-state index in [1.165, 1.54) is 38.8 Å². The van der Waals surface area contributed by atoms with Crippen molar-refractivity contribution in [3.63, 3.8) is 0 Å². The summed E-state index contributed by atoms with van der Waals surface area (Å²) >= 11 is 0. The van der Waals surface area contributed by atoms with Crippen molar-refractivity contribution >= 4 is 11.9 Å². The molecule has 2 aliphatic rings. The van der Waals surface area contributed by atoms with Crippen LogP contribution in [0.1, 0.15) is 71.1 Å². The fourth-order valence-electron chi connectivity index (χ4n) is 4.27. The van der Waals surface area contributed by atoms with Gasteiger partial charge in [0.1, 0.15) is 0 Å². The van der Waals surface area contributed by atoms with E-state index in [0.717, 1.165) is 50.6 Å². The van der Waals surface area contributed by atoms with Crippen molar-refractivity contribution in [3.05, 3.63) is 0 Å². The van der Waals surface area contributed by atoms with E-state index < -0.39 is 0 Å². The van der Waals surface area contributed by atoms with Crippen molar-refractivity contribution < 1.29 is 14.3 Å². The maximum Gasteiger partial charge on any atom is 0.306 e. The van der Waals surface area contributed by atoms with E-state index in [-0.39, 0.29) is 18.3 Å². The maximum atomic E-state index is 12.4. The molecule has 2 saturated heterocycles. The van der Waals surface area contributed by atoms with Crippen LogP contribution in [-0.2, 0) is 14.3 Å². The molecule has 0 aliphatic carbocycles. The van der Waals surface area contributed by atoms with Crippen molar-refractivity contribution in [1.29, 1.82) is 0 Å². The summed E-state index contributed by atoms with van der Waals surface area (Å²) in [5.74, 6) is 1.51. The van der Waals surface area contributed by atoms with Crippen molar-refractivity contribution in [3.8, 4) is 0 Å². The molecule has 5 heteroatoms. The predicted molar refractivity (Wildman–Crippen MR) is 104 cm³/mol.